The van der Waals surface area contributed by atoms with E-state index in [1.807, 2.05) is 18.2 Å². The van der Waals surface area contributed by atoms with Crippen LogP contribution in [0.15, 0.2) is 29.2 Å². The molecule has 94 valence electrons. The van der Waals surface area contributed by atoms with Crippen molar-refractivity contribution in [1.29, 1.82) is 5.26 Å². The van der Waals surface area contributed by atoms with Gasteiger partial charge < -0.3 is 5.32 Å². The molecular formula is C14H16N2OS. The Morgan fingerprint density at radius 3 is 3.11 bits per heavy atom. The summed E-state index contributed by atoms with van der Waals surface area (Å²) in [5, 5.41) is 11.4. The maximum Gasteiger partial charge on any atom is 0.228 e. The van der Waals surface area contributed by atoms with Crippen molar-refractivity contribution in [2.45, 2.75) is 30.1 Å². The normalized spacial score (nSPS) is 16.9. The van der Waals surface area contributed by atoms with Crippen molar-refractivity contribution in [2.75, 3.05) is 12.3 Å². The number of benzene rings is 1. The van der Waals surface area contributed by atoms with Crippen LogP contribution in [0.1, 0.15) is 30.7 Å². The molecule has 18 heavy (non-hydrogen) atoms. The SMILES string of the molecule is N#CCCCCNC(=O)C1CSc2ccccc21. The first-order chi connectivity index (χ1) is 8.83. The molecular weight excluding hydrogens is 244 g/mol. The molecule has 0 aromatic heterocycles. The molecule has 2 rings (SSSR count). The highest BCUT2D eigenvalue weighted by molar-refractivity contribution is 7.99. The zero-order valence-electron chi connectivity index (χ0n) is 10.2. The van der Waals surface area contributed by atoms with Crippen LogP contribution in [0.4, 0.5) is 0 Å². The lowest BCUT2D eigenvalue weighted by Gasteiger charge is -2.11. The Labute approximate surface area is 112 Å². The van der Waals surface area contributed by atoms with Crippen LogP contribution in [-0.2, 0) is 4.79 Å². The molecule has 4 heteroatoms. The van der Waals surface area contributed by atoms with E-state index in [0.29, 0.717) is 13.0 Å². The number of unbranched alkanes of at least 4 members (excludes halogenated alkanes) is 2. The van der Waals surface area contributed by atoms with Crippen molar-refractivity contribution in [3.05, 3.63) is 29.8 Å². The fourth-order valence-electron chi connectivity index (χ4n) is 2.04. The summed E-state index contributed by atoms with van der Waals surface area (Å²) in [5.41, 5.74) is 1.15. The molecule has 1 unspecified atom stereocenters. The third-order valence-corrected chi connectivity index (χ3v) is 4.21. The summed E-state index contributed by atoms with van der Waals surface area (Å²) in [6.45, 7) is 0.670. The molecule has 1 aliphatic rings. The summed E-state index contributed by atoms with van der Waals surface area (Å²) in [5.74, 6) is 0.940. The summed E-state index contributed by atoms with van der Waals surface area (Å²) in [4.78, 5) is 13.3. The van der Waals surface area contributed by atoms with E-state index in [9.17, 15) is 4.79 Å². The van der Waals surface area contributed by atoms with Crippen LogP contribution in [-0.4, -0.2) is 18.2 Å². The summed E-state index contributed by atoms with van der Waals surface area (Å²) < 4.78 is 0. The second kappa shape index (κ2) is 6.46. The molecule has 0 bridgehead atoms. The van der Waals surface area contributed by atoms with Crippen LogP contribution in [0, 0.1) is 11.3 Å². The van der Waals surface area contributed by atoms with E-state index in [-0.39, 0.29) is 11.8 Å². The Hall–Kier alpha value is -1.47. The van der Waals surface area contributed by atoms with Crippen LogP contribution in [0.5, 0.6) is 0 Å². The van der Waals surface area contributed by atoms with E-state index >= 15 is 0 Å². The van der Waals surface area contributed by atoms with Gasteiger partial charge in [0.1, 0.15) is 0 Å². The Balaban J connectivity index is 1.83. The zero-order chi connectivity index (χ0) is 12.8. The number of hydrogen-bond donors (Lipinski definition) is 1. The molecule has 1 aliphatic heterocycles. The average Bonchev–Trinajstić information content (AvgIpc) is 2.82. The molecule has 0 aliphatic carbocycles. The Kier molecular flexibility index (Phi) is 4.66. The molecule has 1 aromatic rings. The van der Waals surface area contributed by atoms with E-state index < -0.39 is 0 Å². The molecule has 0 saturated carbocycles. The second-order valence-corrected chi connectivity index (χ2v) is 5.37. The van der Waals surface area contributed by atoms with E-state index in [4.69, 9.17) is 5.26 Å². The number of carbonyl (C=O) groups is 1. The lowest BCUT2D eigenvalue weighted by molar-refractivity contribution is -0.122. The Bertz CT molecular complexity index is 467. The van der Waals surface area contributed by atoms with Crippen molar-refractivity contribution >= 4 is 17.7 Å². The number of thioether (sulfide) groups is 1. The van der Waals surface area contributed by atoms with Gasteiger partial charge in [-0.25, -0.2) is 0 Å². The quantitative estimate of drug-likeness (QED) is 0.828. The van der Waals surface area contributed by atoms with Gasteiger partial charge in [-0.15, -0.1) is 11.8 Å². The number of carbonyl (C=O) groups excluding carboxylic acids is 1. The minimum atomic E-state index is -0.0119. The topological polar surface area (TPSA) is 52.9 Å². The predicted molar refractivity (Wildman–Crippen MR) is 72.4 cm³/mol. The molecule has 0 saturated heterocycles. The van der Waals surface area contributed by atoms with E-state index in [0.717, 1.165) is 24.2 Å². The smallest absolute Gasteiger partial charge is 0.228 e. The van der Waals surface area contributed by atoms with Gasteiger partial charge in [-0.2, -0.15) is 5.26 Å². The third-order valence-electron chi connectivity index (χ3n) is 3.03. The standard InChI is InChI=1S/C14H16N2OS/c15-8-4-1-5-9-16-14(17)12-10-18-13-7-3-2-6-11(12)13/h2-3,6-7,12H,1,4-5,9-10H2,(H,16,17). The van der Waals surface area contributed by atoms with Crippen molar-refractivity contribution in [2.24, 2.45) is 0 Å². The highest BCUT2D eigenvalue weighted by Gasteiger charge is 2.28. The number of hydrogen-bond acceptors (Lipinski definition) is 3. The molecule has 1 N–H and O–H groups in total. The first kappa shape index (κ1) is 13.0. The molecule has 1 aromatic carbocycles. The van der Waals surface area contributed by atoms with E-state index in [1.54, 1.807) is 11.8 Å². The fraction of sp³-hybridized carbons (Fsp3) is 0.429. The van der Waals surface area contributed by atoms with Crippen molar-refractivity contribution in [3.8, 4) is 6.07 Å². The summed E-state index contributed by atoms with van der Waals surface area (Å²) in [6.07, 6.45) is 2.30. The lowest BCUT2D eigenvalue weighted by atomic mass is 10.0. The number of rotatable bonds is 5. The first-order valence-electron chi connectivity index (χ1n) is 6.19. The van der Waals surface area contributed by atoms with Crippen molar-refractivity contribution in [3.63, 3.8) is 0 Å². The van der Waals surface area contributed by atoms with Gasteiger partial charge in [0.15, 0.2) is 0 Å². The third kappa shape index (κ3) is 3.05. The largest absolute Gasteiger partial charge is 0.356 e. The maximum atomic E-state index is 12.1. The molecule has 1 heterocycles. The predicted octanol–water partition coefficient (Wildman–Crippen LogP) is 2.69. The lowest BCUT2D eigenvalue weighted by Crippen LogP contribution is -2.30. The minimum Gasteiger partial charge on any atom is -0.356 e. The molecule has 0 fully saturated rings. The van der Waals surface area contributed by atoms with Gasteiger partial charge in [0.05, 0.1) is 12.0 Å². The van der Waals surface area contributed by atoms with Gasteiger partial charge in [-0.05, 0) is 24.5 Å². The van der Waals surface area contributed by atoms with Gasteiger partial charge in [-0.1, -0.05) is 18.2 Å². The van der Waals surface area contributed by atoms with Gasteiger partial charge in [0.2, 0.25) is 5.91 Å². The van der Waals surface area contributed by atoms with Gasteiger partial charge in [0, 0.05) is 23.6 Å². The highest BCUT2D eigenvalue weighted by Crippen LogP contribution is 2.39. The Morgan fingerprint density at radius 1 is 1.44 bits per heavy atom. The molecule has 3 nitrogen and oxygen atoms in total. The monoisotopic (exact) mass is 260 g/mol. The van der Waals surface area contributed by atoms with Crippen molar-refractivity contribution in [1.82, 2.24) is 5.32 Å². The summed E-state index contributed by atoms with van der Waals surface area (Å²) in [6, 6.07) is 10.2. The maximum absolute atomic E-state index is 12.1. The van der Waals surface area contributed by atoms with Crippen LogP contribution in [0.2, 0.25) is 0 Å². The van der Waals surface area contributed by atoms with Crippen LogP contribution in [0.3, 0.4) is 0 Å². The van der Waals surface area contributed by atoms with Crippen LogP contribution < -0.4 is 5.32 Å². The van der Waals surface area contributed by atoms with Crippen molar-refractivity contribution < 1.29 is 4.79 Å². The van der Waals surface area contributed by atoms with Crippen LogP contribution in [0.25, 0.3) is 0 Å². The summed E-state index contributed by atoms with van der Waals surface area (Å²) in [7, 11) is 0. The van der Waals surface area contributed by atoms with Gasteiger partial charge in [0.25, 0.3) is 0 Å². The number of amides is 1. The zero-order valence-corrected chi connectivity index (χ0v) is 11.0. The minimum absolute atomic E-state index is 0.0119. The average molecular weight is 260 g/mol. The number of fused-ring (bicyclic) bond motifs is 1. The van der Waals surface area contributed by atoms with Gasteiger partial charge >= 0.3 is 0 Å². The molecule has 0 spiro atoms. The number of nitrogens with zero attached hydrogens (tertiary/aromatic N) is 1. The molecule has 0 radical (unpaired) electrons. The van der Waals surface area contributed by atoms with Crippen LogP contribution >= 0.6 is 11.8 Å². The Morgan fingerprint density at radius 2 is 2.28 bits per heavy atom. The highest BCUT2D eigenvalue weighted by atomic mass is 32.2. The molecule has 1 amide bonds. The first-order valence-corrected chi connectivity index (χ1v) is 7.18. The fourth-order valence-corrected chi connectivity index (χ4v) is 3.27. The molecule has 1 atom stereocenters. The van der Waals surface area contributed by atoms with E-state index in [2.05, 4.69) is 17.5 Å². The van der Waals surface area contributed by atoms with Gasteiger partial charge in [-0.3, -0.25) is 4.79 Å². The number of nitrogens with one attached hydrogen (secondary N) is 1. The van der Waals surface area contributed by atoms with E-state index in [1.165, 1.54) is 4.90 Å². The summed E-state index contributed by atoms with van der Waals surface area (Å²) >= 11 is 1.75. The second-order valence-electron chi connectivity index (χ2n) is 4.31. The number of nitriles is 1.